The Morgan fingerprint density at radius 3 is 2.44 bits per heavy atom. The van der Waals surface area contributed by atoms with Crippen LogP contribution in [-0.2, 0) is 11.3 Å². The molecule has 0 saturated carbocycles. The zero-order valence-electron chi connectivity index (χ0n) is 15.8. The van der Waals surface area contributed by atoms with Crippen LogP contribution in [0.15, 0.2) is 42.5 Å². The number of aryl methyl sites for hydroxylation is 1. The summed E-state index contributed by atoms with van der Waals surface area (Å²) in [5, 5.41) is 1.04. The number of carbonyl (C=O) groups is 1. The van der Waals surface area contributed by atoms with Crippen molar-refractivity contribution in [2.45, 2.75) is 13.5 Å². The lowest BCUT2D eigenvalue weighted by atomic mass is 10.2. The van der Waals surface area contributed by atoms with Gasteiger partial charge in [-0.3, -0.25) is 9.69 Å². The molecule has 1 fully saturated rings. The Balaban J connectivity index is 1.49. The van der Waals surface area contributed by atoms with Crippen LogP contribution in [0.4, 0.5) is 5.69 Å². The topological polar surface area (TPSA) is 26.8 Å². The summed E-state index contributed by atoms with van der Waals surface area (Å²) >= 11 is 12.0. The van der Waals surface area contributed by atoms with Gasteiger partial charge in [-0.1, -0.05) is 41.4 Å². The molecule has 27 heavy (non-hydrogen) atoms. The quantitative estimate of drug-likeness (QED) is 0.749. The van der Waals surface area contributed by atoms with Crippen molar-refractivity contribution >= 4 is 34.8 Å². The monoisotopic (exact) mass is 405 g/mol. The van der Waals surface area contributed by atoms with Gasteiger partial charge in [0.1, 0.15) is 0 Å². The average molecular weight is 406 g/mol. The van der Waals surface area contributed by atoms with E-state index in [1.54, 1.807) is 11.0 Å². The van der Waals surface area contributed by atoms with Crippen LogP contribution < -0.4 is 4.90 Å². The summed E-state index contributed by atoms with van der Waals surface area (Å²) in [6, 6.07) is 14.1. The lowest BCUT2D eigenvalue weighted by Gasteiger charge is -2.36. The van der Waals surface area contributed by atoms with Crippen LogP contribution in [-0.4, -0.2) is 55.5 Å². The third-order valence-electron chi connectivity index (χ3n) is 4.93. The molecule has 1 heterocycles. The van der Waals surface area contributed by atoms with Crippen LogP contribution in [0.3, 0.4) is 0 Å². The highest BCUT2D eigenvalue weighted by Gasteiger charge is 2.21. The maximum absolute atomic E-state index is 12.6. The van der Waals surface area contributed by atoms with E-state index < -0.39 is 0 Å². The molecule has 4 nitrogen and oxygen atoms in total. The second-order valence-electron chi connectivity index (χ2n) is 7.10. The second-order valence-corrected chi connectivity index (χ2v) is 7.91. The molecule has 144 valence electrons. The van der Waals surface area contributed by atoms with Gasteiger partial charge in [0.15, 0.2) is 0 Å². The third kappa shape index (κ3) is 5.38. The van der Waals surface area contributed by atoms with Crippen molar-refractivity contribution in [2.24, 2.45) is 0 Å². The van der Waals surface area contributed by atoms with Gasteiger partial charge in [-0.15, -0.1) is 0 Å². The minimum atomic E-state index is 0.116. The molecule has 6 heteroatoms. The van der Waals surface area contributed by atoms with Crippen molar-refractivity contribution in [1.29, 1.82) is 0 Å². The first-order valence-electron chi connectivity index (χ1n) is 9.14. The number of likely N-dealkylation sites (N-methyl/N-ethyl adjacent to an activating group) is 1. The predicted octanol–water partition coefficient (Wildman–Crippen LogP) is 4.08. The average Bonchev–Trinajstić information content (AvgIpc) is 2.65. The van der Waals surface area contributed by atoms with E-state index in [0.717, 1.165) is 31.7 Å². The molecule has 1 amide bonds. The van der Waals surface area contributed by atoms with E-state index in [9.17, 15) is 4.79 Å². The highest BCUT2D eigenvalue weighted by Crippen LogP contribution is 2.23. The van der Waals surface area contributed by atoms with Gasteiger partial charge in [-0.05, 0) is 42.3 Å². The molecule has 0 unspecified atom stereocenters. The van der Waals surface area contributed by atoms with E-state index in [4.69, 9.17) is 23.2 Å². The van der Waals surface area contributed by atoms with E-state index in [2.05, 4.69) is 41.0 Å². The van der Waals surface area contributed by atoms with Crippen molar-refractivity contribution < 1.29 is 4.79 Å². The number of hydrogen-bond donors (Lipinski definition) is 0. The number of carbonyl (C=O) groups excluding carboxylic acids is 1. The van der Waals surface area contributed by atoms with Crippen molar-refractivity contribution in [2.75, 3.05) is 44.7 Å². The lowest BCUT2D eigenvalue weighted by molar-refractivity contribution is -0.131. The van der Waals surface area contributed by atoms with E-state index in [-0.39, 0.29) is 5.91 Å². The van der Waals surface area contributed by atoms with Gasteiger partial charge in [0, 0.05) is 45.5 Å². The molecule has 0 atom stereocenters. The molecular weight excluding hydrogens is 381 g/mol. The molecule has 0 bridgehead atoms. The summed E-state index contributed by atoms with van der Waals surface area (Å²) in [6.07, 6.45) is 0. The molecule has 2 aromatic carbocycles. The normalized spacial score (nSPS) is 15.0. The Bertz CT molecular complexity index is 804. The van der Waals surface area contributed by atoms with E-state index in [1.165, 1.54) is 11.3 Å². The predicted molar refractivity (Wildman–Crippen MR) is 113 cm³/mol. The Morgan fingerprint density at radius 1 is 1.04 bits per heavy atom. The number of nitrogens with zero attached hydrogens (tertiary/aromatic N) is 3. The minimum absolute atomic E-state index is 0.116. The molecule has 1 aliphatic rings. The summed E-state index contributed by atoms with van der Waals surface area (Å²) in [4.78, 5) is 18.9. The van der Waals surface area contributed by atoms with Crippen LogP contribution in [0, 0.1) is 6.92 Å². The number of benzene rings is 2. The SMILES string of the molecule is Cc1cccc(N2CCN(CC(=O)N(C)Cc3ccc(Cl)c(Cl)c3)CC2)c1. The Morgan fingerprint density at radius 2 is 1.78 bits per heavy atom. The molecule has 0 aliphatic carbocycles. The van der Waals surface area contributed by atoms with Crippen LogP contribution in [0.25, 0.3) is 0 Å². The molecule has 0 N–H and O–H groups in total. The summed E-state index contributed by atoms with van der Waals surface area (Å²) in [5.41, 5.74) is 3.51. The lowest BCUT2D eigenvalue weighted by Crippen LogP contribution is -2.49. The van der Waals surface area contributed by atoms with Crippen molar-refractivity contribution in [3.8, 4) is 0 Å². The van der Waals surface area contributed by atoms with Crippen LogP contribution in [0.1, 0.15) is 11.1 Å². The molecule has 0 spiro atoms. The van der Waals surface area contributed by atoms with Crippen LogP contribution in [0.2, 0.25) is 10.0 Å². The zero-order valence-corrected chi connectivity index (χ0v) is 17.3. The van der Waals surface area contributed by atoms with Crippen molar-refractivity contribution in [1.82, 2.24) is 9.80 Å². The van der Waals surface area contributed by atoms with Crippen molar-refractivity contribution in [3.05, 3.63) is 63.6 Å². The molecule has 0 aromatic heterocycles. The standard InChI is InChI=1S/C21H25Cl2N3O/c1-16-4-3-5-18(12-16)26-10-8-25(9-11-26)15-21(27)24(2)14-17-6-7-19(22)20(23)13-17/h3-7,12-13H,8-11,14-15H2,1-2H3. The van der Waals surface area contributed by atoms with Gasteiger partial charge < -0.3 is 9.80 Å². The van der Waals surface area contributed by atoms with Gasteiger partial charge >= 0.3 is 0 Å². The fourth-order valence-electron chi connectivity index (χ4n) is 3.30. The number of amides is 1. The fourth-order valence-corrected chi connectivity index (χ4v) is 3.62. The molecular formula is C21H25Cl2N3O. The summed E-state index contributed by atoms with van der Waals surface area (Å²) < 4.78 is 0. The van der Waals surface area contributed by atoms with Crippen LogP contribution in [0.5, 0.6) is 0 Å². The Labute approximate surface area is 171 Å². The first-order valence-corrected chi connectivity index (χ1v) is 9.90. The first kappa shape index (κ1) is 20.0. The van der Waals surface area contributed by atoms with Crippen LogP contribution >= 0.6 is 23.2 Å². The molecule has 0 radical (unpaired) electrons. The zero-order chi connectivity index (χ0) is 19.4. The molecule has 3 rings (SSSR count). The Hall–Kier alpha value is -1.75. The Kier molecular flexibility index (Phi) is 6.64. The van der Waals surface area contributed by atoms with E-state index in [1.807, 2.05) is 19.2 Å². The van der Waals surface area contributed by atoms with Gasteiger partial charge in [0.25, 0.3) is 0 Å². The number of rotatable bonds is 5. The van der Waals surface area contributed by atoms with Gasteiger partial charge in [-0.25, -0.2) is 0 Å². The third-order valence-corrected chi connectivity index (χ3v) is 5.67. The minimum Gasteiger partial charge on any atom is -0.369 e. The van der Waals surface area contributed by atoms with Crippen molar-refractivity contribution in [3.63, 3.8) is 0 Å². The maximum Gasteiger partial charge on any atom is 0.236 e. The largest absolute Gasteiger partial charge is 0.369 e. The van der Waals surface area contributed by atoms with E-state index in [0.29, 0.717) is 23.1 Å². The highest BCUT2D eigenvalue weighted by atomic mass is 35.5. The fraction of sp³-hybridized carbons (Fsp3) is 0.381. The second kappa shape index (κ2) is 8.96. The van der Waals surface area contributed by atoms with Gasteiger partial charge in [0.05, 0.1) is 16.6 Å². The summed E-state index contributed by atoms with van der Waals surface area (Å²) in [5.74, 6) is 0.116. The van der Waals surface area contributed by atoms with Gasteiger partial charge in [-0.2, -0.15) is 0 Å². The smallest absolute Gasteiger partial charge is 0.236 e. The molecule has 1 saturated heterocycles. The summed E-state index contributed by atoms with van der Waals surface area (Å²) in [7, 11) is 1.83. The van der Waals surface area contributed by atoms with E-state index >= 15 is 0 Å². The number of piperazine rings is 1. The molecule has 1 aliphatic heterocycles. The van der Waals surface area contributed by atoms with Gasteiger partial charge in [0.2, 0.25) is 5.91 Å². The summed E-state index contributed by atoms with van der Waals surface area (Å²) in [6.45, 7) is 6.74. The molecule has 2 aromatic rings. The highest BCUT2D eigenvalue weighted by molar-refractivity contribution is 6.42. The maximum atomic E-state index is 12.6. The number of anilines is 1. The number of halogens is 2. The first-order chi connectivity index (χ1) is 12.9. The number of hydrogen-bond acceptors (Lipinski definition) is 3.